The molecule has 0 aliphatic carbocycles. The fourth-order valence-corrected chi connectivity index (χ4v) is 6.79. The molecule has 53 heavy (non-hydrogen) atoms. The number of carbonyl (C=O) groups is 4. The molecule has 0 radical (unpaired) electrons. The van der Waals surface area contributed by atoms with E-state index in [1.54, 1.807) is 0 Å². The van der Waals surface area contributed by atoms with E-state index in [2.05, 4.69) is 0 Å². The number of ether oxygens (including phenoxy) is 8. The van der Waals surface area contributed by atoms with Crippen molar-refractivity contribution in [1.29, 1.82) is 0 Å². The molecule has 0 bridgehead atoms. The quantitative estimate of drug-likeness (QED) is 0.135. The second kappa shape index (κ2) is 16.2. The number of nitrogens with zero attached hydrogens (tertiary/aromatic N) is 1. The minimum absolute atomic E-state index is 0.0119. The molecule has 5 atom stereocenters. The highest BCUT2D eigenvalue weighted by Crippen LogP contribution is 2.58. The summed E-state index contributed by atoms with van der Waals surface area (Å²) in [5, 5.41) is 0.652. The predicted octanol–water partition coefficient (Wildman–Crippen LogP) is 2.76. The van der Waals surface area contributed by atoms with Crippen LogP contribution < -0.4 is 0 Å². The van der Waals surface area contributed by atoms with E-state index in [0.29, 0.717) is 10.8 Å². The van der Waals surface area contributed by atoms with E-state index >= 15 is 0 Å². The molecule has 1 spiro atoms. The van der Waals surface area contributed by atoms with Gasteiger partial charge < -0.3 is 42.7 Å². The Kier molecular flexibility index (Phi) is 11.5. The van der Waals surface area contributed by atoms with Gasteiger partial charge in [-0.3, -0.25) is 0 Å². The van der Waals surface area contributed by atoms with Gasteiger partial charge in [-0.1, -0.05) is 91.0 Å². The third-order valence-corrected chi connectivity index (χ3v) is 9.20. The van der Waals surface area contributed by atoms with Crippen molar-refractivity contribution in [3.8, 4) is 0 Å². The van der Waals surface area contributed by atoms with E-state index in [0.717, 1.165) is 39.6 Å². The zero-order valence-electron chi connectivity index (χ0n) is 29.5. The summed E-state index contributed by atoms with van der Waals surface area (Å²) in [6.45, 7) is -0.102. The number of methoxy groups -OCH3 is 4. The van der Waals surface area contributed by atoms with Crippen molar-refractivity contribution in [3.63, 3.8) is 0 Å². The maximum atomic E-state index is 14.0. The number of carbonyl (C=O) groups excluding carboxylic acids is 4. The zero-order valence-corrected chi connectivity index (χ0v) is 29.5. The van der Waals surface area contributed by atoms with Crippen LogP contribution in [0, 0.1) is 0 Å². The summed E-state index contributed by atoms with van der Waals surface area (Å²) in [4.78, 5) is 67.0. The van der Waals surface area contributed by atoms with Crippen LogP contribution >= 0.6 is 0 Å². The Morgan fingerprint density at radius 1 is 0.660 bits per heavy atom. The molecule has 3 aliphatic heterocycles. The van der Waals surface area contributed by atoms with Gasteiger partial charge in [0.2, 0.25) is 5.76 Å². The molecular formula is C38H39NO14. The summed E-state index contributed by atoms with van der Waals surface area (Å²) in [7, 11) is 4.22. The standard InChI is InChI=1S/C38H39NO14/c1-44-32(40)28-30(33(41)45-2)52-39-37(28)31(50-22-26-18-12-7-13-19-26)29(49-21-25-16-10-6-11-17-25)27(23-48-20-24-14-8-5-9-15-24)51-34(37)38(53-39,35(42)46-3)36(43)47-4/h5-19,27,29,31,34H,20-23H2,1-4H3/t27-,29+,31+,34+,37+/m1/s1. The minimum atomic E-state index is -2.78. The van der Waals surface area contributed by atoms with Crippen LogP contribution in [0.3, 0.4) is 0 Å². The maximum Gasteiger partial charge on any atom is 0.376 e. The molecule has 3 heterocycles. The highest BCUT2D eigenvalue weighted by molar-refractivity contribution is 6.07. The molecule has 0 N–H and O–H groups in total. The molecule has 2 saturated heterocycles. The van der Waals surface area contributed by atoms with E-state index < -0.39 is 70.8 Å². The Morgan fingerprint density at radius 3 is 1.68 bits per heavy atom. The number of hydrogen-bond acceptors (Lipinski definition) is 15. The summed E-state index contributed by atoms with van der Waals surface area (Å²) < 4.78 is 46.6. The molecule has 3 aromatic carbocycles. The van der Waals surface area contributed by atoms with Gasteiger partial charge in [-0.25, -0.2) is 24.0 Å². The molecule has 280 valence electrons. The van der Waals surface area contributed by atoms with Crippen molar-refractivity contribution in [2.24, 2.45) is 0 Å². The summed E-state index contributed by atoms with van der Waals surface area (Å²) in [6, 6.07) is 27.7. The Balaban J connectivity index is 1.57. The van der Waals surface area contributed by atoms with Crippen molar-refractivity contribution in [2.75, 3.05) is 35.0 Å². The highest BCUT2D eigenvalue weighted by Gasteiger charge is 2.84. The van der Waals surface area contributed by atoms with Crippen molar-refractivity contribution in [3.05, 3.63) is 119 Å². The van der Waals surface area contributed by atoms with Crippen LogP contribution in [-0.2, 0) is 86.6 Å². The second-order valence-corrected chi connectivity index (χ2v) is 12.2. The van der Waals surface area contributed by atoms with Crippen molar-refractivity contribution in [2.45, 2.75) is 55.4 Å². The van der Waals surface area contributed by atoms with E-state index in [4.69, 9.17) is 47.6 Å². The molecule has 2 fully saturated rings. The lowest BCUT2D eigenvalue weighted by atomic mass is 9.69. The third-order valence-electron chi connectivity index (χ3n) is 9.20. The average molecular weight is 734 g/mol. The number of esters is 4. The first-order valence-electron chi connectivity index (χ1n) is 16.6. The van der Waals surface area contributed by atoms with Gasteiger partial charge in [0.1, 0.15) is 30.0 Å². The summed E-state index contributed by atoms with van der Waals surface area (Å²) in [5.41, 5.74) is -3.25. The van der Waals surface area contributed by atoms with Crippen LogP contribution in [-0.4, -0.2) is 99.7 Å². The third kappa shape index (κ3) is 6.78. The molecule has 0 amide bonds. The van der Waals surface area contributed by atoms with E-state index in [9.17, 15) is 19.2 Å². The maximum absolute atomic E-state index is 14.0. The van der Waals surface area contributed by atoms with E-state index in [1.807, 2.05) is 91.0 Å². The van der Waals surface area contributed by atoms with E-state index in [1.165, 1.54) is 0 Å². The van der Waals surface area contributed by atoms with Crippen LogP contribution in [0.1, 0.15) is 16.7 Å². The van der Waals surface area contributed by atoms with Crippen LogP contribution in [0.25, 0.3) is 0 Å². The molecule has 6 rings (SSSR count). The first-order chi connectivity index (χ1) is 25.8. The first-order valence-corrected chi connectivity index (χ1v) is 16.6. The van der Waals surface area contributed by atoms with Gasteiger partial charge in [0.25, 0.3) is 0 Å². The van der Waals surface area contributed by atoms with Gasteiger partial charge in [0, 0.05) is 5.23 Å². The largest absolute Gasteiger partial charge is 0.466 e. The summed E-state index contributed by atoms with van der Waals surface area (Å²) in [5.74, 6) is -5.39. The van der Waals surface area contributed by atoms with Gasteiger partial charge in [-0.05, 0) is 16.7 Å². The van der Waals surface area contributed by atoms with E-state index in [-0.39, 0.29) is 26.4 Å². The Hall–Kier alpha value is -5.16. The molecule has 15 nitrogen and oxygen atoms in total. The molecule has 0 saturated carbocycles. The normalized spacial score (nSPS) is 24.4. The average Bonchev–Trinajstić information content (AvgIpc) is 3.68. The Morgan fingerprint density at radius 2 is 1.17 bits per heavy atom. The smallest absolute Gasteiger partial charge is 0.376 e. The minimum Gasteiger partial charge on any atom is -0.466 e. The zero-order chi connectivity index (χ0) is 37.6. The molecule has 15 heteroatoms. The molecular weight excluding hydrogens is 694 g/mol. The van der Waals surface area contributed by atoms with Crippen LogP contribution in [0.4, 0.5) is 0 Å². The molecule has 0 unspecified atom stereocenters. The predicted molar refractivity (Wildman–Crippen MR) is 179 cm³/mol. The SMILES string of the molecule is COC(=O)C1=C(C(=O)OC)[C@@]23[C@H](O[C@H](COCc4ccccc4)[C@H](OCc4ccccc4)[C@@H]2OCc2ccccc2)C(C(=O)OC)(C(=O)OC)ON3O1. The van der Waals surface area contributed by atoms with Gasteiger partial charge in [0.15, 0.2) is 5.54 Å². The summed E-state index contributed by atoms with van der Waals surface area (Å²) >= 11 is 0. The van der Waals surface area contributed by atoms with Crippen molar-refractivity contribution in [1.82, 2.24) is 5.23 Å². The number of hydroxylamine groups is 2. The van der Waals surface area contributed by atoms with Crippen molar-refractivity contribution >= 4 is 23.9 Å². The van der Waals surface area contributed by atoms with Crippen LogP contribution in [0.2, 0.25) is 0 Å². The topological polar surface area (TPSA) is 164 Å². The molecule has 3 aliphatic rings. The highest BCUT2D eigenvalue weighted by atomic mass is 17.0. The van der Waals surface area contributed by atoms with Gasteiger partial charge >= 0.3 is 29.5 Å². The lowest BCUT2D eigenvalue weighted by molar-refractivity contribution is -0.379. The fourth-order valence-electron chi connectivity index (χ4n) is 6.79. The van der Waals surface area contributed by atoms with Crippen molar-refractivity contribution < 1.29 is 66.7 Å². The molecule has 0 aromatic heterocycles. The number of benzene rings is 3. The Labute approximate surface area is 305 Å². The number of hydrogen-bond donors (Lipinski definition) is 0. The fraction of sp³-hybridized carbons (Fsp3) is 0.368. The monoisotopic (exact) mass is 733 g/mol. The van der Waals surface area contributed by atoms with Gasteiger partial charge in [-0.2, -0.15) is 0 Å². The van der Waals surface area contributed by atoms with Crippen LogP contribution in [0.15, 0.2) is 102 Å². The van der Waals surface area contributed by atoms with Gasteiger partial charge in [0.05, 0.1) is 54.9 Å². The van der Waals surface area contributed by atoms with Gasteiger partial charge in [-0.15, -0.1) is 0 Å². The number of rotatable bonds is 14. The Bertz CT molecular complexity index is 1790. The molecule has 3 aromatic rings. The van der Waals surface area contributed by atoms with Crippen LogP contribution in [0.5, 0.6) is 0 Å². The lowest BCUT2D eigenvalue weighted by Crippen LogP contribution is -2.74. The lowest BCUT2D eigenvalue weighted by Gasteiger charge is -2.50. The summed E-state index contributed by atoms with van der Waals surface area (Å²) in [6.07, 6.45) is -5.63. The second-order valence-electron chi connectivity index (χ2n) is 12.2. The first kappa shape index (κ1) is 37.6.